The fourth-order valence-corrected chi connectivity index (χ4v) is 3.22. The van der Waals surface area contributed by atoms with Crippen LogP contribution in [0.15, 0.2) is 48.5 Å². The molecule has 0 spiro atoms. The Morgan fingerprint density at radius 2 is 1.64 bits per heavy atom. The van der Waals surface area contributed by atoms with Gasteiger partial charge in [-0.3, -0.25) is 9.69 Å². The summed E-state index contributed by atoms with van der Waals surface area (Å²) in [5, 5.41) is 0.585. The van der Waals surface area contributed by atoms with Crippen molar-refractivity contribution >= 4 is 17.5 Å². The lowest BCUT2D eigenvalue weighted by molar-refractivity contribution is -0.138. The SMILES string of the molecule is O=C(COc1ccc(Cl)cc1)N1CCN(Cc2ccccc2C(F)(F)F)CC1. The van der Waals surface area contributed by atoms with Crippen molar-refractivity contribution in [2.24, 2.45) is 0 Å². The third-order valence-electron chi connectivity index (χ3n) is 4.62. The van der Waals surface area contributed by atoms with E-state index >= 15 is 0 Å². The van der Waals surface area contributed by atoms with E-state index in [2.05, 4.69) is 0 Å². The van der Waals surface area contributed by atoms with Crippen LogP contribution < -0.4 is 4.74 Å². The van der Waals surface area contributed by atoms with Crippen molar-refractivity contribution in [3.05, 3.63) is 64.7 Å². The van der Waals surface area contributed by atoms with Gasteiger partial charge in [-0.05, 0) is 35.9 Å². The Hall–Kier alpha value is -2.25. The quantitative estimate of drug-likeness (QED) is 0.741. The van der Waals surface area contributed by atoms with Crippen molar-refractivity contribution in [1.29, 1.82) is 0 Å². The normalized spacial score (nSPS) is 15.5. The third-order valence-corrected chi connectivity index (χ3v) is 4.87. The van der Waals surface area contributed by atoms with Gasteiger partial charge in [0.15, 0.2) is 6.61 Å². The minimum atomic E-state index is -4.37. The molecule has 0 aromatic heterocycles. The summed E-state index contributed by atoms with van der Waals surface area (Å²) in [6.07, 6.45) is -4.37. The standard InChI is InChI=1S/C20H20ClF3N2O2/c21-16-5-7-17(8-6-16)28-14-19(27)26-11-9-25(10-12-26)13-15-3-1-2-4-18(15)20(22,23)24/h1-8H,9-14H2. The zero-order valence-electron chi connectivity index (χ0n) is 15.1. The van der Waals surface area contributed by atoms with Crippen LogP contribution in [0, 0.1) is 0 Å². The van der Waals surface area contributed by atoms with E-state index in [1.165, 1.54) is 12.1 Å². The molecule has 0 atom stereocenters. The first kappa shape index (κ1) is 20.5. The zero-order chi connectivity index (χ0) is 20.1. The lowest BCUT2D eigenvalue weighted by atomic mass is 10.1. The fraction of sp³-hybridized carbons (Fsp3) is 0.350. The first-order valence-electron chi connectivity index (χ1n) is 8.86. The maximum atomic E-state index is 13.1. The average molecular weight is 413 g/mol. The molecule has 1 saturated heterocycles. The Morgan fingerprint density at radius 1 is 1.00 bits per heavy atom. The van der Waals surface area contributed by atoms with E-state index in [1.807, 2.05) is 4.90 Å². The van der Waals surface area contributed by atoms with Crippen LogP contribution in [0.1, 0.15) is 11.1 Å². The van der Waals surface area contributed by atoms with Gasteiger partial charge in [0.2, 0.25) is 0 Å². The van der Waals surface area contributed by atoms with Crippen LogP contribution in [-0.2, 0) is 17.5 Å². The van der Waals surface area contributed by atoms with Gasteiger partial charge in [0.05, 0.1) is 5.56 Å². The summed E-state index contributed by atoms with van der Waals surface area (Å²) in [5.74, 6) is 0.408. The highest BCUT2D eigenvalue weighted by Gasteiger charge is 2.33. The number of alkyl halides is 3. The van der Waals surface area contributed by atoms with Crippen molar-refractivity contribution < 1.29 is 22.7 Å². The molecule has 1 heterocycles. The first-order chi connectivity index (χ1) is 13.3. The van der Waals surface area contributed by atoms with Gasteiger partial charge < -0.3 is 9.64 Å². The van der Waals surface area contributed by atoms with Crippen molar-refractivity contribution in [2.75, 3.05) is 32.8 Å². The molecular weight excluding hydrogens is 393 g/mol. The number of benzene rings is 2. The van der Waals surface area contributed by atoms with E-state index in [1.54, 1.807) is 35.2 Å². The molecule has 1 amide bonds. The van der Waals surface area contributed by atoms with Crippen LogP contribution >= 0.6 is 11.6 Å². The molecule has 1 aliphatic heterocycles. The molecule has 0 radical (unpaired) electrons. The molecule has 0 aliphatic carbocycles. The van der Waals surface area contributed by atoms with E-state index in [4.69, 9.17) is 16.3 Å². The summed E-state index contributed by atoms with van der Waals surface area (Å²) in [7, 11) is 0. The molecule has 150 valence electrons. The van der Waals surface area contributed by atoms with Crippen molar-refractivity contribution in [2.45, 2.75) is 12.7 Å². The van der Waals surface area contributed by atoms with Gasteiger partial charge in [-0.15, -0.1) is 0 Å². The molecule has 0 N–H and O–H groups in total. The second-order valence-corrected chi connectivity index (χ2v) is 6.99. The Kier molecular flexibility index (Phi) is 6.46. The molecule has 2 aromatic carbocycles. The number of hydrogen-bond acceptors (Lipinski definition) is 3. The van der Waals surface area contributed by atoms with Crippen LogP contribution in [0.3, 0.4) is 0 Å². The highest BCUT2D eigenvalue weighted by atomic mass is 35.5. The van der Waals surface area contributed by atoms with Gasteiger partial charge in [-0.25, -0.2) is 0 Å². The highest BCUT2D eigenvalue weighted by Crippen LogP contribution is 2.32. The Bertz CT molecular complexity index is 804. The number of nitrogens with zero attached hydrogens (tertiary/aromatic N) is 2. The molecule has 0 saturated carbocycles. The summed E-state index contributed by atoms with van der Waals surface area (Å²) in [4.78, 5) is 15.9. The number of hydrogen-bond donors (Lipinski definition) is 0. The number of carbonyl (C=O) groups is 1. The molecule has 8 heteroatoms. The van der Waals surface area contributed by atoms with Crippen LogP contribution in [0.25, 0.3) is 0 Å². The molecule has 4 nitrogen and oxygen atoms in total. The smallest absolute Gasteiger partial charge is 0.416 e. The molecule has 0 bridgehead atoms. The highest BCUT2D eigenvalue weighted by molar-refractivity contribution is 6.30. The molecule has 28 heavy (non-hydrogen) atoms. The second kappa shape index (κ2) is 8.84. The van der Waals surface area contributed by atoms with Crippen molar-refractivity contribution in [3.63, 3.8) is 0 Å². The Balaban J connectivity index is 1.49. The van der Waals surface area contributed by atoms with Gasteiger partial charge in [0, 0.05) is 37.7 Å². The molecular formula is C20H20ClF3N2O2. The summed E-state index contributed by atoms with van der Waals surface area (Å²) < 4.78 is 44.8. The topological polar surface area (TPSA) is 32.8 Å². The maximum Gasteiger partial charge on any atom is 0.416 e. The minimum absolute atomic E-state index is 0.0848. The predicted molar refractivity (Wildman–Crippen MR) is 100 cm³/mol. The minimum Gasteiger partial charge on any atom is -0.484 e. The van der Waals surface area contributed by atoms with Crippen LogP contribution in [0.4, 0.5) is 13.2 Å². The van der Waals surface area contributed by atoms with Crippen LogP contribution in [0.2, 0.25) is 5.02 Å². The largest absolute Gasteiger partial charge is 0.484 e. The fourth-order valence-electron chi connectivity index (χ4n) is 3.10. The molecule has 3 rings (SSSR count). The van der Waals surface area contributed by atoms with Gasteiger partial charge in [-0.1, -0.05) is 29.8 Å². The number of piperazine rings is 1. The third kappa shape index (κ3) is 5.39. The summed E-state index contributed by atoms with van der Waals surface area (Å²) >= 11 is 5.80. The summed E-state index contributed by atoms with van der Waals surface area (Å²) in [5.41, 5.74) is -0.356. The number of amides is 1. The van der Waals surface area contributed by atoms with Crippen LogP contribution in [-0.4, -0.2) is 48.5 Å². The van der Waals surface area contributed by atoms with E-state index in [0.717, 1.165) is 6.07 Å². The Morgan fingerprint density at radius 3 is 2.29 bits per heavy atom. The van der Waals surface area contributed by atoms with Gasteiger partial charge >= 0.3 is 6.18 Å². The first-order valence-corrected chi connectivity index (χ1v) is 9.24. The average Bonchev–Trinajstić information content (AvgIpc) is 2.67. The summed E-state index contributed by atoms with van der Waals surface area (Å²) in [6, 6.07) is 12.3. The predicted octanol–water partition coefficient (Wildman–Crippen LogP) is 4.08. The Labute approximate surface area is 166 Å². The maximum absolute atomic E-state index is 13.1. The second-order valence-electron chi connectivity index (χ2n) is 6.55. The van der Waals surface area contributed by atoms with E-state index in [9.17, 15) is 18.0 Å². The van der Waals surface area contributed by atoms with E-state index in [-0.39, 0.29) is 24.6 Å². The van der Waals surface area contributed by atoms with Crippen LogP contribution in [0.5, 0.6) is 5.75 Å². The molecule has 1 fully saturated rings. The van der Waals surface area contributed by atoms with Gasteiger partial charge in [-0.2, -0.15) is 13.2 Å². The lowest BCUT2D eigenvalue weighted by Gasteiger charge is -2.35. The number of carbonyl (C=O) groups excluding carboxylic acids is 1. The van der Waals surface area contributed by atoms with E-state index < -0.39 is 11.7 Å². The molecule has 0 unspecified atom stereocenters. The van der Waals surface area contributed by atoms with Crippen molar-refractivity contribution in [3.8, 4) is 5.75 Å². The van der Waals surface area contributed by atoms with Crippen molar-refractivity contribution in [1.82, 2.24) is 9.80 Å². The van der Waals surface area contributed by atoms with Gasteiger partial charge in [0.25, 0.3) is 5.91 Å². The van der Waals surface area contributed by atoms with E-state index in [0.29, 0.717) is 37.0 Å². The molecule has 2 aromatic rings. The number of ether oxygens (including phenoxy) is 1. The number of halogens is 4. The zero-order valence-corrected chi connectivity index (χ0v) is 15.8. The monoisotopic (exact) mass is 412 g/mol. The number of rotatable bonds is 5. The lowest BCUT2D eigenvalue weighted by Crippen LogP contribution is -2.49. The van der Waals surface area contributed by atoms with Gasteiger partial charge in [0.1, 0.15) is 5.75 Å². The summed E-state index contributed by atoms with van der Waals surface area (Å²) in [6.45, 7) is 2.06. The molecule has 1 aliphatic rings.